The minimum Gasteiger partial charge on any atom is -0.508 e. The van der Waals surface area contributed by atoms with Crippen molar-refractivity contribution in [1.29, 1.82) is 0 Å². The molecule has 1 aromatic carbocycles. The number of Topliss-reactive ketones (excluding diaryl/α,β-unsaturated/α-hetero) is 1. The molecule has 0 bridgehead atoms. The number of carbonyl (C=O) groups is 1. The number of aromatic hydroxyl groups is 1. The first-order valence-electron chi connectivity index (χ1n) is 4.69. The number of hydrogen-bond donors (Lipinski definition) is 1. The molecular weight excluding hydrogens is 208 g/mol. The lowest BCUT2D eigenvalue weighted by Crippen LogP contribution is -2.14. The Hall–Kier alpha value is -2.10. The van der Waals surface area contributed by atoms with Crippen molar-refractivity contribution in [3.8, 4) is 5.75 Å². The summed E-state index contributed by atoms with van der Waals surface area (Å²) < 4.78 is 4.95. The SMILES string of the molecule is CC(=O)c1c(C)c2[c]cc(O)cc2oc1=O. The Balaban J connectivity index is 2.94. The first kappa shape index (κ1) is 10.4. The summed E-state index contributed by atoms with van der Waals surface area (Å²) in [5.41, 5.74) is 0.109. The molecule has 0 atom stereocenters. The van der Waals surface area contributed by atoms with Gasteiger partial charge in [-0.15, -0.1) is 0 Å². The highest BCUT2D eigenvalue weighted by molar-refractivity contribution is 5.99. The molecule has 0 unspecified atom stereocenters. The molecule has 81 valence electrons. The van der Waals surface area contributed by atoms with Crippen LogP contribution in [0.4, 0.5) is 0 Å². The van der Waals surface area contributed by atoms with E-state index >= 15 is 0 Å². The summed E-state index contributed by atoms with van der Waals surface area (Å²) in [6.45, 7) is 2.97. The van der Waals surface area contributed by atoms with Gasteiger partial charge in [0.05, 0.1) is 0 Å². The van der Waals surface area contributed by atoms with Crippen molar-refractivity contribution in [3.63, 3.8) is 0 Å². The van der Waals surface area contributed by atoms with Gasteiger partial charge >= 0.3 is 5.63 Å². The molecule has 4 nitrogen and oxygen atoms in total. The van der Waals surface area contributed by atoms with Crippen molar-refractivity contribution in [2.45, 2.75) is 13.8 Å². The third-order valence-corrected chi connectivity index (χ3v) is 2.40. The Morgan fingerprint density at radius 1 is 1.50 bits per heavy atom. The first-order chi connectivity index (χ1) is 7.50. The molecule has 1 radical (unpaired) electrons. The van der Waals surface area contributed by atoms with Crippen LogP contribution in [0.5, 0.6) is 5.75 Å². The van der Waals surface area contributed by atoms with E-state index in [0.717, 1.165) is 0 Å². The summed E-state index contributed by atoms with van der Waals surface area (Å²) in [6.07, 6.45) is 0. The van der Waals surface area contributed by atoms with Gasteiger partial charge in [-0.05, 0) is 31.5 Å². The molecule has 0 aliphatic rings. The molecular formula is C12H9O4. The lowest BCUT2D eigenvalue weighted by Gasteiger charge is -2.04. The molecule has 16 heavy (non-hydrogen) atoms. The number of ketones is 1. The molecule has 2 rings (SSSR count). The van der Waals surface area contributed by atoms with Gasteiger partial charge in [0, 0.05) is 11.5 Å². The normalized spacial score (nSPS) is 10.6. The highest BCUT2D eigenvalue weighted by atomic mass is 16.4. The topological polar surface area (TPSA) is 67.5 Å². The van der Waals surface area contributed by atoms with Crippen LogP contribution in [0.3, 0.4) is 0 Å². The fourth-order valence-electron chi connectivity index (χ4n) is 1.68. The molecule has 1 N–H and O–H groups in total. The fourth-order valence-corrected chi connectivity index (χ4v) is 1.68. The van der Waals surface area contributed by atoms with Gasteiger partial charge in [-0.1, -0.05) is 0 Å². The van der Waals surface area contributed by atoms with E-state index in [1.165, 1.54) is 19.1 Å². The van der Waals surface area contributed by atoms with Gasteiger partial charge in [0.15, 0.2) is 5.78 Å². The summed E-state index contributed by atoms with van der Waals surface area (Å²) in [4.78, 5) is 22.8. The second-order valence-electron chi connectivity index (χ2n) is 3.54. The standard InChI is InChI=1S/C12H9O4/c1-6-9-4-3-8(14)5-10(9)16-12(15)11(6)7(2)13/h3,5,14H,1-2H3. The molecule has 2 aromatic rings. The van der Waals surface area contributed by atoms with Gasteiger partial charge in [0.1, 0.15) is 16.9 Å². The predicted molar refractivity (Wildman–Crippen MR) is 57.7 cm³/mol. The van der Waals surface area contributed by atoms with Crippen LogP contribution < -0.4 is 5.63 Å². The molecule has 0 aliphatic heterocycles. The van der Waals surface area contributed by atoms with Crippen LogP contribution in [0.15, 0.2) is 21.3 Å². The maximum Gasteiger partial charge on any atom is 0.347 e. The third-order valence-electron chi connectivity index (χ3n) is 2.40. The number of phenols is 1. The van der Waals surface area contributed by atoms with Gasteiger partial charge in [0.25, 0.3) is 0 Å². The van der Waals surface area contributed by atoms with Gasteiger partial charge in [0.2, 0.25) is 0 Å². The van der Waals surface area contributed by atoms with Crippen molar-refractivity contribution in [2.75, 3.05) is 0 Å². The van der Waals surface area contributed by atoms with E-state index < -0.39 is 5.63 Å². The van der Waals surface area contributed by atoms with E-state index in [2.05, 4.69) is 6.07 Å². The number of rotatable bonds is 1. The summed E-state index contributed by atoms with van der Waals surface area (Å²) >= 11 is 0. The molecule has 0 aliphatic carbocycles. The minimum absolute atomic E-state index is 0.0365. The molecule has 4 heteroatoms. The monoisotopic (exact) mass is 217 g/mol. The smallest absolute Gasteiger partial charge is 0.347 e. The van der Waals surface area contributed by atoms with Crippen LogP contribution >= 0.6 is 0 Å². The zero-order chi connectivity index (χ0) is 11.9. The lowest BCUT2D eigenvalue weighted by molar-refractivity contribution is 0.101. The maximum atomic E-state index is 11.5. The molecule has 0 saturated heterocycles. The van der Waals surface area contributed by atoms with Crippen molar-refractivity contribution in [3.05, 3.63) is 39.7 Å². The van der Waals surface area contributed by atoms with Gasteiger partial charge < -0.3 is 9.52 Å². The van der Waals surface area contributed by atoms with E-state index in [1.54, 1.807) is 6.92 Å². The Morgan fingerprint density at radius 2 is 2.19 bits per heavy atom. The summed E-state index contributed by atoms with van der Waals surface area (Å²) in [5.74, 6) is -0.375. The quantitative estimate of drug-likeness (QED) is 0.584. The van der Waals surface area contributed by atoms with E-state index in [-0.39, 0.29) is 22.7 Å². The zero-order valence-electron chi connectivity index (χ0n) is 8.83. The summed E-state index contributed by atoms with van der Waals surface area (Å²) in [7, 11) is 0. The van der Waals surface area contributed by atoms with Crippen LogP contribution in [0.1, 0.15) is 22.8 Å². The zero-order valence-corrected chi connectivity index (χ0v) is 8.83. The van der Waals surface area contributed by atoms with Crippen molar-refractivity contribution < 1.29 is 14.3 Å². The van der Waals surface area contributed by atoms with Crippen LogP contribution in [-0.2, 0) is 0 Å². The van der Waals surface area contributed by atoms with Gasteiger partial charge in [-0.2, -0.15) is 0 Å². The first-order valence-corrected chi connectivity index (χ1v) is 4.69. The largest absolute Gasteiger partial charge is 0.508 e. The van der Waals surface area contributed by atoms with Crippen molar-refractivity contribution >= 4 is 16.8 Å². The fraction of sp³-hybridized carbons (Fsp3) is 0.167. The number of aryl methyl sites for hydroxylation is 1. The minimum atomic E-state index is -0.684. The summed E-state index contributed by atoms with van der Waals surface area (Å²) in [6, 6.07) is 5.46. The number of hydrogen-bond acceptors (Lipinski definition) is 4. The van der Waals surface area contributed by atoms with Gasteiger partial charge in [-0.25, -0.2) is 4.79 Å². The van der Waals surface area contributed by atoms with E-state index in [1.807, 2.05) is 0 Å². The molecule has 1 heterocycles. The molecule has 0 spiro atoms. The molecule has 0 saturated carbocycles. The third kappa shape index (κ3) is 1.48. The second-order valence-corrected chi connectivity index (χ2v) is 3.54. The van der Waals surface area contributed by atoms with Crippen molar-refractivity contribution in [2.24, 2.45) is 0 Å². The van der Waals surface area contributed by atoms with E-state index in [0.29, 0.717) is 10.9 Å². The highest BCUT2D eigenvalue weighted by Gasteiger charge is 2.15. The van der Waals surface area contributed by atoms with Crippen LogP contribution in [-0.4, -0.2) is 10.9 Å². The maximum absolute atomic E-state index is 11.5. The number of phenolic OH excluding ortho intramolecular Hbond substituents is 1. The van der Waals surface area contributed by atoms with Crippen molar-refractivity contribution in [1.82, 2.24) is 0 Å². The van der Waals surface area contributed by atoms with Crippen LogP contribution in [0.2, 0.25) is 0 Å². The number of benzene rings is 1. The average Bonchev–Trinajstić information content (AvgIpc) is 2.15. The molecule has 0 fully saturated rings. The summed E-state index contributed by atoms with van der Waals surface area (Å²) in [5, 5.41) is 9.76. The number of fused-ring (bicyclic) bond motifs is 1. The predicted octanol–water partition coefficient (Wildman–Crippen LogP) is 1.81. The van der Waals surface area contributed by atoms with Crippen LogP contribution in [0, 0.1) is 13.0 Å². The van der Waals surface area contributed by atoms with Crippen LogP contribution in [0.25, 0.3) is 11.0 Å². The van der Waals surface area contributed by atoms with E-state index in [9.17, 15) is 14.7 Å². The van der Waals surface area contributed by atoms with Gasteiger partial charge in [-0.3, -0.25) is 4.79 Å². The lowest BCUT2D eigenvalue weighted by atomic mass is 10.0. The Kier molecular flexibility index (Phi) is 2.27. The highest BCUT2D eigenvalue weighted by Crippen LogP contribution is 2.22. The second kappa shape index (κ2) is 3.48. The Morgan fingerprint density at radius 3 is 2.81 bits per heavy atom. The molecule has 0 amide bonds. The Bertz CT molecular complexity index is 637. The Labute approximate surface area is 91.1 Å². The number of carbonyl (C=O) groups excluding carboxylic acids is 1. The van der Waals surface area contributed by atoms with E-state index in [4.69, 9.17) is 4.42 Å². The average molecular weight is 217 g/mol. The molecule has 1 aromatic heterocycles.